The second-order valence-electron chi connectivity index (χ2n) is 4.16. The predicted molar refractivity (Wildman–Crippen MR) is 76.8 cm³/mol. The van der Waals surface area contributed by atoms with Gasteiger partial charge in [-0.3, -0.25) is 0 Å². The Hall–Kier alpha value is -0.970. The number of hydrogen-bond acceptors (Lipinski definition) is 2. The van der Waals surface area contributed by atoms with Crippen LogP contribution in [0.5, 0.6) is 0 Å². The van der Waals surface area contributed by atoms with E-state index in [1.54, 1.807) is 24.3 Å². The van der Waals surface area contributed by atoms with Crippen molar-refractivity contribution in [2.45, 2.75) is 12.5 Å². The lowest BCUT2D eigenvalue weighted by Gasteiger charge is -2.17. The summed E-state index contributed by atoms with van der Waals surface area (Å²) in [4.78, 5) is 13.7. The van der Waals surface area contributed by atoms with E-state index >= 15 is 0 Å². The molecule has 2 amide bonds. The maximum Gasteiger partial charge on any atom is 0.321 e. The number of carbonyl (C=O) groups excluding carboxylic acids is 1. The Morgan fingerprint density at radius 1 is 1.39 bits per heavy atom. The highest BCUT2D eigenvalue weighted by Crippen LogP contribution is 2.15. The normalized spacial score (nSPS) is 18.3. The van der Waals surface area contributed by atoms with E-state index in [1.165, 1.54) is 0 Å². The zero-order chi connectivity index (χ0) is 12.3. The van der Waals surface area contributed by atoms with Crippen molar-refractivity contribution >= 4 is 35.7 Å². The quantitative estimate of drug-likeness (QED) is 0.879. The first kappa shape index (κ1) is 15.1. The molecule has 100 valence electrons. The van der Waals surface area contributed by atoms with Crippen molar-refractivity contribution in [2.24, 2.45) is 0 Å². The third-order valence-electron chi connectivity index (χ3n) is 2.98. The fourth-order valence-electron chi connectivity index (χ4n) is 1.92. The minimum atomic E-state index is -0.0509. The molecule has 1 heterocycles. The number of halogens is 2. The summed E-state index contributed by atoms with van der Waals surface area (Å²) in [5.41, 5.74) is 0.771. The van der Waals surface area contributed by atoms with Gasteiger partial charge < -0.3 is 15.5 Å². The van der Waals surface area contributed by atoms with Crippen molar-refractivity contribution in [3.63, 3.8) is 0 Å². The summed E-state index contributed by atoms with van der Waals surface area (Å²) in [6, 6.07) is 7.48. The fraction of sp³-hybridized carbons (Fsp3) is 0.417. The third-order valence-corrected chi connectivity index (χ3v) is 3.23. The molecule has 1 aliphatic heterocycles. The van der Waals surface area contributed by atoms with Crippen LogP contribution < -0.4 is 10.6 Å². The van der Waals surface area contributed by atoms with E-state index < -0.39 is 0 Å². The van der Waals surface area contributed by atoms with Gasteiger partial charge in [-0.05, 0) is 37.7 Å². The van der Waals surface area contributed by atoms with Crippen LogP contribution in [0.4, 0.5) is 10.5 Å². The Kier molecular flexibility index (Phi) is 5.72. The van der Waals surface area contributed by atoms with Crippen molar-refractivity contribution in [1.29, 1.82) is 0 Å². The van der Waals surface area contributed by atoms with Crippen molar-refractivity contribution in [3.05, 3.63) is 29.3 Å². The van der Waals surface area contributed by atoms with Crippen molar-refractivity contribution in [3.8, 4) is 0 Å². The lowest BCUT2D eigenvalue weighted by atomic mass is 10.3. The Morgan fingerprint density at radius 2 is 2.06 bits per heavy atom. The summed E-state index contributed by atoms with van der Waals surface area (Å²) in [6.45, 7) is 1.56. The van der Waals surface area contributed by atoms with Crippen molar-refractivity contribution < 1.29 is 4.79 Å². The van der Waals surface area contributed by atoms with Gasteiger partial charge in [0.15, 0.2) is 0 Å². The molecule has 6 heteroatoms. The molecule has 1 atom stereocenters. The van der Waals surface area contributed by atoms with Crippen molar-refractivity contribution in [1.82, 2.24) is 10.2 Å². The monoisotopic (exact) mass is 289 g/mol. The van der Waals surface area contributed by atoms with Gasteiger partial charge in [-0.15, -0.1) is 12.4 Å². The van der Waals surface area contributed by atoms with Gasteiger partial charge in [-0.2, -0.15) is 0 Å². The Balaban J connectivity index is 0.00000162. The standard InChI is InChI=1S/C12H16ClN3O.ClH/c1-14-11-6-7-16(8-11)12(17)15-10-4-2-9(13)3-5-10;/h2-5,11,14H,6-8H2,1H3,(H,15,17);1H. The van der Waals surface area contributed by atoms with Gasteiger partial charge in [-0.25, -0.2) is 4.79 Å². The topological polar surface area (TPSA) is 44.4 Å². The van der Waals surface area contributed by atoms with Crippen LogP contribution in [0.25, 0.3) is 0 Å². The van der Waals surface area contributed by atoms with Gasteiger partial charge in [-0.1, -0.05) is 11.6 Å². The lowest BCUT2D eigenvalue weighted by molar-refractivity contribution is 0.221. The molecule has 4 nitrogen and oxygen atoms in total. The summed E-state index contributed by atoms with van der Waals surface area (Å²) < 4.78 is 0. The Labute approximate surface area is 118 Å². The van der Waals surface area contributed by atoms with Crippen molar-refractivity contribution in [2.75, 3.05) is 25.5 Å². The van der Waals surface area contributed by atoms with E-state index in [-0.39, 0.29) is 18.4 Å². The third kappa shape index (κ3) is 3.77. The van der Waals surface area contributed by atoms with Gasteiger partial charge >= 0.3 is 6.03 Å². The first-order valence-electron chi connectivity index (χ1n) is 5.68. The van der Waals surface area contributed by atoms with Crippen LogP contribution in [0.15, 0.2) is 24.3 Å². The maximum atomic E-state index is 11.9. The van der Waals surface area contributed by atoms with Crippen LogP contribution in [0.3, 0.4) is 0 Å². The molecular weight excluding hydrogens is 273 g/mol. The highest BCUT2D eigenvalue weighted by atomic mass is 35.5. The molecule has 0 saturated carbocycles. The number of amides is 2. The molecule has 18 heavy (non-hydrogen) atoms. The number of hydrogen-bond donors (Lipinski definition) is 2. The number of rotatable bonds is 2. The van der Waals surface area contributed by atoms with Gasteiger partial charge in [0.25, 0.3) is 0 Å². The molecule has 0 radical (unpaired) electrons. The summed E-state index contributed by atoms with van der Waals surface area (Å²) >= 11 is 5.78. The SMILES string of the molecule is CNC1CCN(C(=O)Nc2ccc(Cl)cc2)C1.Cl. The first-order valence-corrected chi connectivity index (χ1v) is 6.05. The zero-order valence-electron chi connectivity index (χ0n) is 10.1. The first-order chi connectivity index (χ1) is 8.19. The van der Waals surface area contributed by atoms with Gasteiger partial charge in [0.05, 0.1) is 0 Å². The van der Waals surface area contributed by atoms with E-state index in [9.17, 15) is 4.79 Å². The molecular formula is C12H17Cl2N3O. The Morgan fingerprint density at radius 3 is 2.61 bits per heavy atom. The number of likely N-dealkylation sites (N-methyl/N-ethyl adjacent to an activating group) is 1. The van der Waals surface area contributed by atoms with Crippen LogP contribution in [0, 0.1) is 0 Å². The molecule has 1 aliphatic rings. The van der Waals surface area contributed by atoms with E-state index in [2.05, 4.69) is 10.6 Å². The van der Waals surface area contributed by atoms with Gasteiger partial charge in [0.1, 0.15) is 0 Å². The number of nitrogens with zero attached hydrogens (tertiary/aromatic N) is 1. The maximum absolute atomic E-state index is 11.9. The van der Waals surface area contributed by atoms with Gasteiger partial charge in [0.2, 0.25) is 0 Å². The highest BCUT2D eigenvalue weighted by Gasteiger charge is 2.24. The molecule has 1 aromatic rings. The summed E-state index contributed by atoms with van der Waals surface area (Å²) in [5.74, 6) is 0. The minimum Gasteiger partial charge on any atom is -0.323 e. The number of likely N-dealkylation sites (tertiary alicyclic amines) is 1. The summed E-state index contributed by atoms with van der Waals surface area (Å²) in [7, 11) is 1.92. The molecule has 0 aromatic heterocycles. The smallest absolute Gasteiger partial charge is 0.321 e. The number of benzene rings is 1. The van der Waals surface area contributed by atoms with Crippen LogP contribution in [-0.2, 0) is 0 Å². The Bertz CT molecular complexity index is 397. The average Bonchev–Trinajstić information content (AvgIpc) is 2.81. The lowest BCUT2D eigenvalue weighted by Crippen LogP contribution is -2.36. The molecule has 1 fully saturated rings. The summed E-state index contributed by atoms with van der Waals surface area (Å²) in [6.07, 6.45) is 1.00. The van der Waals surface area contributed by atoms with Crippen LogP contribution >= 0.6 is 24.0 Å². The largest absolute Gasteiger partial charge is 0.323 e. The minimum absolute atomic E-state index is 0. The second-order valence-corrected chi connectivity index (χ2v) is 4.59. The number of urea groups is 1. The number of anilines is 1. The fourth-order valence-corrected chi connectivity index (χ4v) is 2.04. The molecule has 1 unspecified atom stereocenters. The average molecular weight is 290 g/mol. The van der Waals surface area contributed by atoms with Gasteiger partial charge in [0, 0.05) is 29.8 Å². The zero-order valence-corrected chi connectivity index (χ0v) is 11.7. The highest BCUT2D eigenvalue weighted by molar-refractivity contribution is 6.30. The molecule has 2 N–H and O–H groups in total. The number of nitrogens with one attached hydrogen (secondary N) is 2. The second kappa shape index (κ2) is 6.83. The van der Waals surface area contributed by atoms with E-state index in [4.69, 9.17) is 11.6 Å². The molecule has 2 rings (SSSR count). The van der Waals surface area contributed by atoms with E-state index in [1.807, 2.05) is 11.9 Å². The van der Waals surface area contributed by atoms with E-state index in [0.717, 1.165) is 25.2 Å². The summed E-state index contributed by atoms with van der Waals surface area (Å²) in [5, 5.41) is 6.70. The van der Waals surface area contributed by atoms with Crippen LogP contribution in [0.2, 0.25) is 5.02 Å². The molecule has 0 bridgehead atoms. The molecule has 0 aliphatic carbocycles. The number of carbonyl (C=O) groups is 1. The molecule has 0 spiro atoms. The predicted octanol–water partition coefficient (Wildman–Crippen LogP) is 2.59. The van der Waals surface area contributed by atoms with E-state index in [0.29, 0.717) is 11.1 Å². The molecule has 1 saturated heterocycles. The molecule has 1 aromatic carbocycles. The van der Waals surface area contributed by atoms with Crippen LogP contribution in [0.1, 0.15) is 6.42 Å². The van der Waals surface area contributed by atoms with Crippen LogP contribution in [-0.4, -0.2) is 37.1 Å².